The zero-order valence-corrected chi connectivity index (χ0v) is 14.0. The average molecular weight is 324 g/mol. The van der Waals surface area contributed by atoms with Crippen LogP contribution in [0.1, 0.15) is 54.2 Å². The fourth-order valence-electron chi connectivity index (χ4n) is 3.67. The molecule has 2 aromatic carbocycles. The Morgan fingerprint density at radius 3 is 2.58 bits per heavy atom. The van der Waals surface area contributed by atoms with Gasteiger partial charge in [-0.25, -0.2) is 4.39 Å². The van der Waals surface area contributed by atoms with Crippen molar-refractivity contribution in [2.24, 2.45) is 5.73 Å². The second-order valence-corrected chi connectivity index (χ2v) is 6.36. The van der Waals surface area contributed by atoms with Crippen LogP contribution in [0, 0.1) is 17.1 Å². The molecule has 0 bridgehead atoms. The molecule has 1 aliphatic rings. The second kappa shape index (κ2) is 6.35. The predicted octanol–water partition coefficient (Wildman–Crippen LogP) is 3.94. The molecule has 1 aliphatic heterocycles. The van der Waals surface area contributed by atoms with Crippen LogP contribution in [0.25, 0.3) is 0 Å². The highest BCUT2D eigenvalue weighted by molar-refractivity contribution is 5.54. The third kappa shape index (κ3) is 2.60. The van der Waals surface area contributed by atoms with Gasteiger partial charge in [-0.1, -0.05) is 18.2 Å². The summed E-state index contributed by atoms with van der Waals surface area (Å²) < 4.78 is 19.6. The normalized spacial score (nSPS) is 22.2. The van der Waals surface area contributed by atoms with E-state index in [1.807, 2.05) is 26.0 Å². The predicted molar refractivity (Wildman–Crippen MR) is 90.9 cm³/mol. The first-order chi connectivity index (χ1) is 11.5. The van der Waals surface area contributed by atoms with Gasteiger partial charge in [0, 0.05) is 0 Å². The summed E-state index contributed by atoms with van der Waals surface area (Å²) in [6.07, 6.45) is 1.46. The van der Waals surface area contributed by atoms with E-state index in [2.05, 4.69) is 6.07 Å². The number of benzene rings is 2. The van der Waals surface area contributed by atoms with Gasteiger partial charge < -0.3 is 10.5 Å². The Bertz CT molecular complexity index is 795. The molecule has 3 rings (SSSR count). The van der Waals surface area contributed by atoms with E-state index in [-0.39, 0.29) is 11.9 Å². The molecule has 0 fully saturated rings. The third-order valence-corrected chi connectivity index (χ3v) is 4.84. The Labute approximate surface area is 141 Å². The molecule has 1 heterocycles. The topological polar surface area (TPSA) is 59.0 Å². The molecular weight excluding hydrogens is 303 g/mol. The van der Waals surface area contributed by atoms with Gasteiger partial charge in [0.1, 0.15) is 11.4 Å². The van der Waals surface area contributed by atoms with E-state index in [9.17, 15) is 9.65 Å². The van der Waals surface area contributed by atoms with Crippen LogP contribution in [0.4, 0.5) is 4.39 Å². The van der Waals surface area contributed by atoms with Crippen molar-refractivity contribution in [3.05, 3.63) is 70.0 Å². The van der Waals surface area contributed by atoms with E-state index < -0.39 is 5.60 Å². The van der Waals surface area contributed by atoms with Crippen molar-refractivity contribution >= 4 is 0 Å². The molecule has 0 saturated carbocycles. The van der Waals surface area contributed by atoms with Crippen LogP contribution in [0.15, 0.2) is 36.4 Å². The molecule has 4 heteroatoms. The van der Waals surface area contributed by atoms with E-state index in [4.69, 9.17) is 10.5 Å². The van der Waals surface area contributed by atoms with Crippen molar-refractivity contribution in [1.82, 2.24) is 0 Å². The number of nitriles is 1. The summed E-state index contributed by atoms with van der Waals surface area (Å²) in [4.78, 5) is 0. The van der Waals surface area contributed by atoms with Gasteiger partial charge in [-0.15, -0.1) is 0 Å². The summed E-state index contributed by atoms with van der Waals surface area (Å²) in [6.45, 7) is 4.58. The Morgan fingerprint density at radius 1 is 1.25 bits per heavy atom. The Balaban J connectivity index is 2.16. The van der Waals surface area contributed by atoms with Gasteiger partial charge in [0.15, 0.2) is 0 Å². The summed E-state index contributed by atoms with van der Waals surface area (Å²) in [5.74, 6) is -0.267. The minimum absolute atomic E-state index is 0.129. The molecule has 1 unspecified atom stereocenters. The van der Waals surface area contributed by atoms with Gasteiger partial charge in [0.25, 0.3) is 0 Å². The van der Waals surface area contributed by atoms with Crippen molar-refractivity contribution < 1.29 is 9.13 Å². The fraction of sp³-hybridized carbons (Fsp3) is 0.350. The highest BCUT2D eigenvalue weighted by Gasteiger charge is 2.42. The number of ether oxygens (including phenoxy) is 1. The number of halogens is 1. The van der Waals surface area contributed by atoms with Gasteiger partial charge in [-0.05, 0) is 73.7 Å². The number of rotatable bonds is 4. The van der Waals surface area contributed by atoms with Crippen LogP contribution in [0.5, 0.6) is 0 Å². The first-order valence-electron chi connectivity index (χ1n) is 8.21. The van der Waals surface area contributed by atoms with E-state index >= 15 is 0 Å². The van der Waals surface area contributed by atoms with Crippen molar-refractivity contribution in [2.75, 3.05) is 6.54 Å². The van der Waals surface area contributed by atoms with Gasteiger partial charge in [-0.2, -0.15) is 5.26 Å². The van der Waals surface area contributed by atoms with E-state index in [1.165, 1.54) is 12.1 Å². The maximum atomic E-state index is 13.3. The smallest absolute Gasteiger partial charge is 0.123 e. The number of hydrogen-bond acceptors (Lipinski definition) is 3. The van der Waals surface area contributed by atoms with Gasteiger partial charge in [-0.3, -0.25) is 0 Å². The van der Waals surface area contributed by atoms with Crippen molar-refractivity contribution in [3.8, 4) is 6.07 Å². The van der Waals surface area contributed by atoms with Crippen LogP contribution >= 0.6 is 0 Å². The number of hydrogen-bond donors (Lipinski definition) is 1. The number of nitrogens with zero attached hydrogens (tertiary/aromatic N) is 1. The molecule has 24 heavy (non-hydrogen) atoms. The monoisotopic (exact) mass is 324 g/mol. The Kier molecular flexibility index (Phi) is 4.40. The lowest BCUT2D eigenvalue weighted by Crippen LogP contribution is -2.22. The zero-order valence-electron chi connectivity index (χ0n) is 14.0. The zero-order chi connectivity index (χ0) is 17.3. The van der Waals surface area contributed by atoms with Crippen molar-refractivity contribution in [3.63, 3.8) is 0 Å². The summed E-state index contributed by atoms with van der Waals surface area (Å²) in [7, 11) is 0. The molecule has 0 radical (unpaired) electrons. The molecule has 0 amide bonds. The molecule has 3 nitrogen and oxygen atoms in total. The Hall–Kier alpha value is -2.22. The molecule has 2 atom stereocenters. The molecule has 0 spiro atoms. The summed E-state index contributed by atoms with van der Waals surface area (Å²) in [5, 5.41) is 9.45. The SMILES string of the molecule is CC1O[C@@](C)(c2ccc(F)cc2)c2ccc(C#N)c(CCCN)c21. The lowest BCUT2D eigenvalue weighted by Gasteiger charge is -2.26. The fourth-order valence-corrected chi connectivity index (χ4v) is 3.67. The lowest BCUT2D eigenvalue weighted by atomic mass is 9.83. The van der Waals surface area contributed by atoms with Crippen LogP contribution in [-0.2, 0) is 16.8 Å². The van der Waals surface area contributed by atoms with Gasteiger partial charge >= 0.3 is 0 Å². The van der Waals surface area contributed by atoms with Gasteiger partial charge in [0.05, 0.1) is 17.7 Å². The molecule has 2 aromatic rings. The van der Waals surface area contributed by atoms with Crippen LogP contribution in [0.3, 0.4) is 0 Å². The standard InChI is InChI=1S/C20H21FN2O/c1-13-19-17(4-3-11-22)14(12-23)5-10-18(19)20(2,24-13)15-6-8-16(21)9-7-15/h5-10,13H,3-4,11,22H2,1-2H3/t13?,20-/m0/s1. The van der Waals surface area contributed by atoms with Crippen molar-refractivity contribution in [1.29, 1.82) is 5.26 Å². The third-order valence-electron chi connectivity index (χ3n) is 4.84. The number of nitrogens with two attached hydrogens (primary N) is 1. The largest absolute Gasteiger partial charge is 0.358 e. The Morgan fingerprint density at radius 2 is 1.96 bits per heavy atom. The highest BCUT2D eigenvalue weighted by atomic mass is 19.1. The van der Waals surface area contributed by atoms with E-state index in [0.717, 1.165) is 35.1 Å². The summed E-state index contributed by atoms with van der Waals surface area (Å²) >= 11 is 0. The van der Waals surface area contributed by atoms with Crippen LogP contribution in [-0.4, -0.2) is 6.54 Å². The second-order valence-electron chi connectivity index (χ2n) is 6.36. The van der Waals surface area contributed by atoms with E-state index in [1.54, 1.807) is 12.1 Å². The minimum Gasteiger partial charge on any atom is -0.358 e. The maximum Gasteiger partial charge on any atom is 0.123 e. The maximum absolute atomic E-state index is 13.3. The molecule has 124 valence electrons. The van der Waals surface area contributed by atoms with Crippen molar-refractivity contribution in [2.45, 2.75) is 38.4 Å². The number of fused-ring (bicyclic) bond motifs is 1. The highest BCUT2D eigenvalue weighted by Crippen LogP contribution is 2.49. The van der Waals surface area contributed by atoms with Gasteiger partial charge in [0.2, 0.25) is 0 Å². The first-order valence-corrected chi connectivity index (χ1v) is 8.21. The molecule has 2 N–H and O–H groups in total. The summed E-state index contributed by atoms with van der Waals surface area (Å²) in [6, 6.07) is 12.5. The first kappa shape index (κ1) is 16.6. The van der Waals surface area contributed by atoms with Crippen LogP contribution < -0.4 is 5.73 Å². The molecule has 0 aromatic heterocycles. The molecular formula is C20H21FN2O. The molecule has 0 aliphatic carbocycles. The molecule has 0 saturated heterocycles. The summed E-state index contributed by atoms with van der Waals surface area (Å²) in [5.41, 5.74) is 9.75. The minimum atomic E-state index is -0.645. The van der Waals surface area contributed by atoms with E-state index in [0.29, 0.717) is 12.1 Å². The average Bonchev–Trinajstić information content (AvgIpc) is 2.85. The lowest BCUT2D eigenvalue weighted by molar-refractivity contribution is -0.0281. The van der Waals surface area contributed by atoms with Crippen LogP contribution in [0.2, 0.25) is 0 Å². The quantitative estimate of drug-likeness (QED) is 0.926.